The largest absolute Gasteiger partial charge is 0.391 e. The van der Waals surface area contributed by atoms with E-state index in [0.717, 1.165) is 12.1 Å². The molecule has 0 bridgehead atoms. The van der Waals surface area contributed by atoms with Crippen LogP contribution in [0.15, 0.2) is 18.2 Å². The number of halogens is 2. The van der Waals surface area contributed by atoms with Gasteiger partial charge in [0.05, 0.1) is 18.8 Å². The summed E-state index contributed by atoms with van der Waals surface area (Å²) in [6, 6.07) is 2.68. The lowest BCUT2D eigenvalue weighted by Gasteiger charge is -2.25. The summed E-state index contributed by atoms with van der Waals surface area (Å²) in [4.78, 5) is 13.5. The Morgan fingerprint density at radius 2 is 2.24 bits per heavy atom. The van der Waals surface area contributed by atoms with Gasteiger partial charge < -0.3 is 20.1 Å². The van der Waals surface area contributed by atoms with Crippen LogP contribution >= 0.6 is 0 Å². The van der Waals surface area contributed by atoms with Gasteiger partial charge in [0.1, 0.15) is 0 Å². The van der Waals surface area contributed by atoms with E-state index in [1.54, 1.807) is 0 Å². The molecule has 0 saturated carbocycles. The number of aliphatic hydroxyl groups is 1. The predicted molar refractivity (Wildman–Crippen MR) is 71.7 cm³/mol. The summed E-state index contributed by atoms with van der Waals surface area (Å²) in [6.45, 7) is 0.868. The number of hydrogen-bond donors (Lipinski definition) is 2. The minimum atomic E-state index is -0.964. The highest BCUT2D eigenvalue weighted by molar-refractivity contribution is 5.75. The number of amides is 2. The fourth-order valence-corrected chi connectivity index (χ4v) is 2.44. The van der Waals surface area contributed by atoms with Crippen molar-refractivity contribution in [1.82, 2.24) is 10.2 Å². The lowest BCUT2D eigenvalue weighted by atomic mass is 10.0. The number of benzene rings is 1. The zero-order valence-corrected chi connectivity index (χ0v) is 11.7. The first kappa shape index (κ1) is 15.7. The third-order valence-electron chi connectivity index (χ3n) is 3.45. The first-order valence-electron chi connectivity index (χ1n) is 6.69. The third-order valence-corrected chi connectivity index (χ3v) is 3.45. The van der Waals surface area contributed by atoms with E-state index in [4.69, 9.17) is 4.74 Å². The standard InChI is InChI=1S/C14H18F2N2O3/c1-21-5-4-17-14(20)18-8-10(19)7-13(18)9-2-3-11(15)12(16)6-9/h2-3,6,10,13,19H,4-5,7-8H2,1H3,(H,17,20). The average molecular weight is 300 g/mol. The molecule has 21 heavy (non-hydrogen) atoms. The average Bonchev–Trinajstić information content (AvgIpc) is 2.84. The molecule has 116 valence electrons. The fourth-order valence-electron chi connectivity index (χ4n) is 2.44. The van der Waals surface area contributed by atoms with Crippen molar-refractivity contribution in [3.05, 3.63) is 35.4 Å². The van der Waals surface area contributed by atoms with Crippen LogP contribution in [0, 0.1) is 11.6 Å². The van der Waals surface area contributed by atoms with Gasteiger partial charge in [-0.25, -0.2) is 13.6 Å². The quantitative estimate of drug-likeness (QED) is 0.827. The van der Waals surface area contributed by atoms with E-state index in [1.807, 2.05) is 0 Å². The Kier molecular flexibility index (Phi) is 5.08. The number of rotatable bonds is 4. The minimum Gasteiger partial charge on any atom is -0.391 e. The molecular weight excluding hydrogens is 282 g/mol. The molecule has 0 spiro atoms. The van der Waals surface area contributed by atoms with E-state index in [-0.39, 0.29) is 12.6 Å². The number of nitrogens with zero attached hydrogens (tertiary/aromatic N) is 1. The Morgan fingerprint density at radius 1 is 1.48 bits per heavy atom. The Hall–Kier alpha value is -1.73. The first-order valence-corrected chi connectivity index (χ1v) is 6.69. The molecule has 2 amide bonds. The summed E-state index contributed by atoms with van der Waals surface area (Å²) in [7, 11) is 1.52. The molecule has 1 saturated heterocycles. The second-order valence-corrected chi connectivity index (χ2v) is 4.96. The number of nitrogens with one attached hydrogen (secondary N) is 1. The number of β-amino-alcohol motifs (C(OH)–C–C–N with tert-alkyl or cyclic N) is 1. The van der Waals surface area contributed by atoms with Gasteiger partial charge in [0, 0.05) is 20.2 Å². The summed E-state index contributed by atoms with van der Waals surface area (Å²) in [5.74, 6) is -1.90. The van der Waals surface area contributed by atoms with Crippen LogP contribution in [0.25, 0.3) is 0 Å². The van der Waals surface area contributed by atoms with Crippen molar-refractivity contribution in [1.29, 1.82) is 0 Å². The minimum absolute atomic E-state index is 0.155. The SMILES string of the molecule is COCCNC(=O)N1CC(O)CC1c1ccc(F)c(F)c1. The molecule has 2 unspecified atom stereocenters. The number of ether oxygens (including phenoxy) is 1. The molecule has 1 heterocycles. The second-order valence-electron chi connectivity index (χ2n) is 4.96. The maximum atomic E-state index is 13.3. The number of likely N-dealkylation sites (tertiary alicyclic amines) is 1. The van der Waals surface area contributed by atoms with Crippen LogP contribution in [-0.2, 0) is 4.74 Å². The van der Waals surface area contributed by atoms with Gasteiger partial charge in [0.25, 0.3) is 0 Å². The first-order chi connectivity index (χ1) is 10.0. The molecule has 7 heteroatoms. The topological polar surface area (TPSA) is 61.8 Å². The summed E-state index contributed by atoms with van der Waals surface area (Å²) >= 11 is 0. The molecule has 2 rings (SSSR count). The number of urea groups is 1. The van der Waals surface area contributed by atoms with Crippen molar-refractivity contribution < 1.29 is 23.4 Å². The molecular formula is C14H18F2N2O3. The number of aliphatic hydroxyl groups excluding tert-OH is 1. The molecule has 1 aromatic rings. The van der Waals surface area contributed by atoms with Crippen molar-refractivity contribution in [3.8, 4) is 0 Å². The Balaban J connectivity index is 2.12. The summed E-state index contributed by atoms with van der Waals surface area (Å²) in [5.41, 5.74) is 0.465. The molecule has 2 N–H and O–H groups in total. The lowest BCUT2D eigenvalue weighted by molar-refractivity contribution is 0.163. The highest BCUT2D eigenvalue weighted by Crippen LogP contribution is 2.32. The lowest BCUT2D eigenvalue weighted by Crippen LogP contribution is -2.41. The van der Waals surface area contributed by atoms with Crippen molar-refractivity contribution in [3.63, 3.8) is 0 Å². The highest BCUT2D eigenvalue weighted by Gasteiger charge is 2.35. The Bertz CT molecular complexity index is 513. The van der Waals surface area contributed by atoms with Gasteiger partial charge in [-0.1, -0.05) is 6.07 Å². The van der Waals surface area contributed by atoms with Crippen molar-refractivity contribution in [2.45, 2.75) is 18.6 Å². The van der Waals surface area contributed by atoms with E-state index >= 15 is 0 Å². The van der Waals surface area contributed by atoms with Gasteiger partial charge in [-0.2, -0.15) is 0 Å². The predicted octanol–water partition coefficient (Wildman–Crippen LogP) is 1.43. The molecule has 0 aromatic heterocycles. The van der Waals surface area contributed by atoms with Gasteiger partial charge in [0.15, 0.2) is 11.6 Å². The van der Waals surface area contributed by atoms with Gasteiger partial charge >= 0.3 is 6.03 Å². The van der Waals surface area contributed by atoms with Crippen LogP contribution in [0.1, 0.15) is 18.0 Å². The molecule has 1 aliphatic heterocycles. The van der Waals surface area contributed by atoms with Gasteiger partial charge in [-0.15, -0.1) is 0 Å². The molecule has 2 atom stereocenters. The molecule has 1 aliphatic rings. The van der Waals surface area contributed by atoms with Crippen LogP contribution in [0.3, 0.4) is 0 Å². The fraction of sp³-hybridized carbons (Fsp3) is 0.500. The van der Waals surface area contributed by atoms with Gasteiger partial charge in [-0.3, -0.25) is 0 Å². The van der Waals surface area contributed by atoms with E-state index in [0.29, 0.717) is 25.1 Å². The molecule has 1 aromatic carbocycles. The van der Waals surface area contributed by atoms with Crippen LogP contribution in [0.5, 0.6) is 0 Å². The number of carbonyl (C=O) groups excluding carboxylic acids is 1. The van der Waals surface area contributed by atoms with E-state index < -0.39 is 23.8 Å². The highest BCUT2D eigenvalue weighted by atomic mass is 19.2. The third kappa shape index (κ3) is 3.68. The zero-order valence-electron chi connectivity index (χ0n) is 11.7. The van der Waals surface area contributed by atoms with E-state index in [9.17, 15) is 18.7 Å². The van der Waals surface area contributed by atoms with Crippen molar-refractivity contribution >= 4 is 6.03 Å². The molecule has 1 fully saturated rings. The maximum absolute atomic E-state index is 13.3. The molecule has 0 aliphatic carbocycles. The molecule has 0 radical (unpaired) electrons. The number of methoxy groups -OCH3 is 1. The van der Waals surface area contributed by atoms with Gasteiger partial charge in [-0.05, 0) is 24.1 Å². The van der Waals surface area contributed by atoms with Crippen LogP contribution in [0.4, 0.5) is 13.6 Å². The van der Waals surface area contributed by atoms with Crippen LogP contribution in [0.2, 0.25) is 0 Å². The van der Waals surface area contributed by atoms with E-state index in [1.165, 1.54) is 18.1 Å². The summed E-state index contributed by atoms with van der Waals surface area (Å²) in [6.07, 6.45) is -0.390. The van der Waals surface area contributed by atoms with Crippen LogP contribution < -0.4 is 5.32 Å². The second kappa shape index (κ2) is 6.82. The maximum Gasteiger partial charge on any atom is 0.318 e. The summed E-state index contributed by atoms with van der Waals surface area (Å²) in [5, 5.41) is 12.4. The Morgan fingerprint density at radius 3 is 2.90 bits per heavy atom. The monoisotopic (exact) mass is 300 g/mol. The van der Waals surface area contributed by atoms with Crippen molar-refractivity contribution in [2.75, 3.05) is 26.8 Å². The number of carbonyl (C=O) groups is 1. The Labute approximate surface area is 121 Å². The summed E-state index contributed by atoms with van der Waals surface area (Å²) < 4.78 is 31.2. The smallest absolute Gasteiger partial charge is 0.318 e. The van der Waals surface area contributed by atoms with Crippen molar-refractivity contribution in [2.24, 2.45) is 0 Å². The zero-order chi connectivity index (χ0) is 15.4. The normalized spacial score (nSPS) is 21.6. The van der Waals surface area contributed by atoms with E-state index in [2.05, 4.69) is 5.32 Å². The number of hydrogen-bond acceptors (Lipinski definition) is 3. The molecule has 5 nitrogen and oxygen atoms in total. The van der Waals surface area contributed by atoms with Gasteiger partial charge in [0.2, 0.25) is 0 Å². The van der Waals surface area contributed by atoms with Crippen LogP contribution in [-0.4, -0.2) is 48.9 Å².